The Bertz CT molecular complexity index is 1140. The monoisotopic (exact) mass is 499 g/mol. The minimum absolute atomic E-state index is 0.00727. The third-order valence-electron chi connectivity index (χ3n) is 3.84. The van der Waals surface area contributed by atoms with Gasteiger partial charge in [0.1, 0.15) is 0 Å². The second-order valence-corrected chi connectivity index (χ2v) is 7.38. The molecule has 0 saturated carbocycles. The SMILES string of the molecule is CCOC(=O)NC(=O)C(=NNc1cc(Cl)c(Oc2cc(C(C)C)c(=O)[nH]n2)c(Cl)c1)C(=O)O. The molecule has 4 N–H and O–H groups in total. The summed E-state index contributed by atoms with van der Waals surface area (Å²) < 4.78 is 10.1. The van der Waals surface area contributed by atoms with E-state index in [-0.39, 0.29) is 45.4 Å². The lowest BCUT2D eigenvalue weighted by Crippen LogP contribution is -2.40. The molecule has 176 valence electrons. The number of halogens is 2. The van der Waals surface area contributed by atoms with Crippen molar-refractivity contribution in [3.05, 3.63) is 44.2 Å². The first-order valence-corrected chi connectivity index (χ1v) is 10.1. The summed E-state index contributed by atoms with van der Waals surface area (Å²) in [7, 11) is 0. The van der Waals surface area contributed by atoms with Crippen LogP contribution in [-0.2, 0) is 14.3 Å². The fraction of sp³-hybridized carbons (Fsp3) is 0.263. The summed E-state index contributed by atoms with van der Waals surface area (Å²) in [6.45, 7) is 5.14. The molecule has 2 amide bonds. The highest BCUT2D eigenvalue weighted by atomic mass is 35.5. The first-order valence-electron chi connectivity index (χ1n) is 9.35. The first kappa shape index (κ1) is 25.6. The Morgan fingerprint density at radius 1 is 1.21 bits per heavy atom. The van der Waals surface area contributed by atoms with E-state index in [4.69, 9.17) is 27.9 Å². The van der Waals surface area contributed by atoms with Gasteiger partial charge in [-0.25, -0.2) is 14.7 Å². The summed E-state index contributed by atoms with van der Waals surface area (Å²) in [5.74, 6) is -3.02. The molecule has 2 rings (SSSR count). The summed E-state index contributed by atoms with van der Waals surface area (Å²) in [5.41, 5.74) is 1.51. The highest BCUT2D eigenvalue weighted by Gasteiger charge is 2.23. The molecule has 0 spiro atoms. The number of hydrogen-bond donors (Lipinski definition) is 4. The molecule has 0 saturated heterocycles. The number of H-pyrrole nitrogens is 1. The number of carbonyl (C=O) groups excluding carboxylic acids is 2. The Labute approximate surface area is 196 Å². The van der Waals surface area contributed by atoms with Gasteiger partial charge in [-0.2, -0.15) is 5.10 Å². The van der Waals surface area contributed by atoms with Crippen LogP contribution in [0.3, 0.4) is 0 Å². The van der Waals surface area contributed by atoms with E-state index >= 15 is 0 Å². The number of carboxylic acid groups (broad SMARTS) is 1. The minimum Gasteiger partial charge on any atom is -0.476 e. The molecule has 33 heavy (non-hydrogen) atoms. The number of hydrogen-bond acceptors (Lipinski definition) is 9. The van der Waals surface area contributed by atoms with Crippen molar-refractivity contribution in [3.8, 4) is 11.6 Å². The Hall–Kier alpha value is -3.64. The number of rotatable bonds is 8. The van der Waals surface area contributed by atoms with Crippen LogP contribution in [0.1, 0.15) is 32.3 Å². The molecule has 1 heterocycles. The second kappa shape index (κ2) is 11.3. The molecule has 0 bridgehead atoms. The number of nitrogens with one attached hydrogen (secondary N) is 3. The van der Waals surface area contributed by atoms with Crippen molar-refractivity contribution in [2.45, 2.75) is 26.7 Å². The van der Waals surface area contributed by atoms with E-state index in [1.54, 1.807) is 5.32 Å². The lowest BCUT2D eigenvalue weighted by atomic mass is 10.1. The maximum absolute atomic E-state index is 11.9. The van der Waals surface area contributed by atoms with Gasteiger partial charge >= 0.3 is 12.1 Å². The third-order valence-corrected chi connectivity index (χ3v) is 4.40. The number of anilines is 1. The predicted octanol–water partition coefficient (Wildman–Crippen LogP) is 3.12. The van der Waals surface area contributed by atoms with Crippen molar-refractivity contribution in [2.75, 3.05) is 12.0 Å². The average Bonchev–Trinajstić information content (AvgIpc) is 2.71. The van der Waals surface area contributed by atoms with Crippen LogP contribution >= 0.6 is 23.2 Å². The Kier molecular flexibility index (Phi) is 8.77. The fourth-order valence-corrected chi connectivity index (χ4v) is 2.91. The van der Waals surface area contributed by atoms with Crippen molar-refractivity contribution < 1.29 is 29.0 Å². The van der Waals surface area contributed by atoms with Crippen LogP contribution in [0.25, 0.3) is 0 Å². The molecule has 1 aromatic carbocycles. The van der Waals surface area contributed by atoms with Gasteiger partial charge in [0, 0.05) is 11.6 Å². The molecule has 14 heteroatoms. The van der Waals surface area contributed by atoms with E-state index in [0.29, 0.717) is 5.56 Å². The Morgan fingerprint density at radius 2 is 1.85 bits per heavy atom. The third kappa shape index (κ3) is 6.92. The molecular formula is C19H19Cl2N5O7. The number of aromatic amines is 1. The van der Waals surface area contributed by atoms with Gasteiger partial charge in [0.25, 0.3) is 11.5 Å². The van der Waals surface area contributed by atoms with Gasteiger partial charge in [-0.3, -0.25) is 20.3 Å². The van der Waals surface area contributed by atoms with Crippen LogP contribution in [0.4, 0.5) is 10.5 Å². The number of ether oxygens (including phenoxy) is 2. The molecule has 2 aromatic rings. The van der Waals surface area contributed by atoms with Gasteiger partial charge < -0.3 is 14.6 Å². The van der Waals surface area contributed by atoms with Crippen LogP contribution in [0, 0.1) is 0 Å². The Morgan fingerprint density at radius 3 is 2.39 bits per heavy atom. The molecule has 0 aliphatic heterocycles. The van der Waals surface area contributed by atoms with Gasteiger partial charge in [-0.1, -0.05) is 37.0 Å². The number of carboxylic acids is 1. The van der Waals surface area contributed by atoms with Crippen molar-refractivity contribution in [1.82, 2.24) is 15.5 Å². The normalized spacial score (nSPS) is 11.2. The number of aliphatic carboxylic acids is 1. The van der Waals surface area contributed by atoms with Crippen LogP contribution in [0.5, 0.6) is 11.6 Å². The zero-order valence-electron chi connectivity index (χ0n) is 17.6. The highest BCUT2D eigenvalue weighted by Crippen LogP contribution is 2.38. The predicted molar refractivity (Wildman–Crippen MR) is 119 cm³/mol. The molecule has 0 aliphatic carbocycles. The van der Waals surface area contributed by atoms with Crippen LogP contribution < -0.4 is 21.0 Å². The summed E-state index contributed by atoms with van der Waals surface area (Å²) >= 11 is 12.4. The lowest BCUT2D eigenvalue weighted by Gasteiger charge is -2.12. The number of imide groups is 1. The zero-order chi connectivity index (χ0) is 24.7. The van der Waals surface area contributed by atoms with E-state index in [9.17, 15) is 24.3 Å². The van der Waals surface area contributed by atoms with Gasteiger partial charge in [0.2, 0.25) is 11.6 Å². The number of nitrogens with zero attached hydrogens (tertiary/aromatic N) is 2. The molecule has 0 atom stereocenters. The highest BCUT2D eigenvalue weighted by molar-refractivity contribution is 6.64. The number of benzene rings is 1. The fourth-order valence-electron chi connectivity index (χ4n) is 2.34. The largest absolute Gasteiger partial charge is 0.476 e. The maximum atomic E-state index is 11.9. The molecule has 0 radical (unpaired) electrons. The van der Waals surface area contributed by atoms with Crippen molar-refractivity contribution in [2.24, 2.45) is 5.10 Å². The first-order chi connectivity index (χ1) is 15.5. The molecule has 1 aromatic heterocycles. The van der Waals surface area contributed by atoms with Gasteiger partial charge in [0.15, 0.2) is 5.75 Å². The standard InChI is InChI=1S/C19H19Cl2N5O7/c1-4-32-19(31)22-17(28)14(18(29)30)25-23-9-5-11(20)15(12(21)6-9)33-13-7-10(8(2)3)16(27)26-24-13/h5-8,23H,4H2,1-3H3,(H,26,27)(H,29,30)(H,22,28,31). The van der Waals surface area contributed by atoms with E-state index in [2.05, 4.69) is 25.5 Å². The van der Waals surface area contributed by atoms with Crippen LogP contribution in [0.15, 0.2) is 28.1 Å². The molecule has 12 nitrogen and oxygen atoms in total. The zero-order valence-corrected chi connectivity index (χ0v) is 19.1. The van der Waals surface area contributed by atoms with E-state index in [0.717, 1.165) is 0 Å². The number of aromatic nitrogens is 2. The van der Waals surface area contributed by atoms with Crippen molar-refractivity contribution >= 4 is 52.6 Å². The smallest absolute Gasteiger partial charge is 0.414 e. The maximum Gasteiger partial charge on any atom is 0.414 e. The number of alkyl carbamates (subject to hydrolysis) is 1. The molecule has 0 fully saturated rings. The summed E-state index contributed by atoms with van der Waals surface area (Å²) in [6, 6.07) is 4.04. The minimum atomic E-state index is -1.70. The topological polar surface area (TPSA) is 172 Å². The van der Waals surface area contributed by atoms with Crippen LogP contribution in [0.2, 0.25) is 10.0 Å². The number of hydrazone groups is 1. The van der Waals surface area contributed by atoms with E-state index < -0.39 is 23.7 Å². The van der Waals surface area contributed by atoms with Crippen molar-refractivity contribution in [3.63, 3.8) is 0 Å². The van der Waals surface area contributed by atoms with Gasteiger partial charge in [-0.15, -0.1) is 5.10 Å². The average molecular weight is 500 g/mol. The lowest BCUT2D eigenvalue weighted by molar-refractivity contribution is -0.130. The second-order valence-electron chi connectivity index (χ2n) is 6.57. The van der Waals surface area contributed by atoms with Gasteiger partial charge in [-0.05, 0) is 25.0 Å². The molecule has 0 aliphatic rings. The summed E-state index contributed by atoms with van der Waals surface area (Å²) in [4.78, 5) is 46.3. The summed E-state index contributed by atoms with van der Waals surface area (Å²) in [6.07, 6.45) is -1.12. The number of amides is 2. The van der Waals surface area contributed by atoms with Gasteiger partial charge in [0.05, 0.1) is 22.3 Å². The number of carbonyl (C=O) groups is 3. The molecular weight excluding hydrogens is 481 g/mol. The van der Waals surface area contributed by atoms with E-state index in [1.165, 1.54) is 25.1 Å². The quantitative estimate of drug-likeness (QED) is 0.241. The molecule has 0 unspecified atom stereocenters. The van der Waals surface area contributed by atoms with Crippen molar-refractivity contribution in [1.29, 1.82) is 0 Å². The van der Waals surface area contributed by atoms with E-state index in [1.807, 2.05) is 13.8 Å². The Balaban J connectivity index is 2.24. The summed E-state index contributed by atoms with van der Waals surface area (Å²) in [5, 5.41) is 20.5. The van der Waals surface area contributed by atoms with Crippen LogP contribution in [-0.4, -0.2) is 45.6 Å².